The largest absolute Gasteiger partial charge is 0.497 e. The zero-order valence-electron chi connectivity index (χ0n) is 16.8. The van der Waals surface area contributed by atoms with Crippen LogP contribution in [0.5, 0.6) is 11.5 Å². The summed E-state index contributed by atoms with van der Waals surface area (Å²) in [5.74, 6) is 1.25. The van der Waals surface area contributed by atoms with E-state index in [-0.39, 0.29) is 11.9 Å². The minimum atomic E-state index is -0.227. The Bertz CT molecular complexity index is 980. The normalized spacial score (nSPS) is 11.8. The lowest BCUT2D eigenvalue weighted by Crippen LogP contribution is -2.27. The van der Waals surface area contributed by atoms with Crippen LogP contribution >= 0.6 is 0 Å². The van der Waals surface area contributed by atoms with Gasteiger partial charge in [0.1, 0.15) is 11.5 Å². The first-order valence-corrected chi connectivity index (χ1v) is 9.08. The van der Waals surface area contributed by atoms with Gasteiger partial charge in [-0.3, -0.25) is 9.78 Å². The number of hydrogen-bond donors (Lipinski definition) is 1. The Morgan fingerprint density at radius 1 is 1.14 bits per heavy atom. The van der Waals surface area contributed by atoms with Crippen LogP contribution in [0.25, 0.3) is 5.69 Å². The average Bonchev–Trinajstić information content (AvgIpc) is 3.02. The summed E-state index contributed by atoms with van der Waals surface area (Å²) in [4.78, 5) is 17.1. The highest BCUT2D eigenvalue weighted by Crippen LogP contribution is 2.30. The van der Waals surface area contributed by atoms with E-state index in [1.807, 2.05) is 61.7 Å². The van der Waals surface area contributed by atoms with E-state index < -0.39 is 0 Å². The summed E-state index contributed by atoms with van der Waals surface area (Å²) in [5, 5.41) is 3.07. The maximum Gasteiger partial charge on any atom is 0.253 e. The first-order chi connectivity index (χ1) is 13.5. The second-order valence-electron chi connectivity index (χ2n) is 6.63. The second-order valence-corrected chi connectivity index (χ2v) is 6.63. The number of aryl methyl sites for hydroxylation is 1. The van der Waals surface area contributed by atoms with Crippen LogP contribution in [0.15, 0.2) is 48.8 Å². The van der Waals surface area contributed by atoms with Gasteiger partial charge in [0.15, 0.2) is 0 Å². The summed E-state index contributed by atoms with van der Waals surface area (Å²) in [6.45, 7) is 5.85. The molecule has 0 fully saturated rings. The van der Waals surface area contributed by atoms with Crippen LogP contribution in [0, 0.1) is 13.8 Å². The minimum absolute atomic E-state index is 0.131. The van der Waals surface area contributed by atoms with Crippen molar-refractivity contribution in [1.29, 1.82) is 0 Å². The molecule has 3 rings (SSSR count). The molecule has 28 heavy (non-hydrogen) atoms. The third-order valence-electron chi connectivity index (χ3n) is 4.83. The number of pyridine rings is 1. The number of methoxy groups -OCH3 is 2. The summed E-state index contributed by atoms with van der Waals surface area (Å²) in [7, 11) is 3.21. The third-order valence-corrected chi connectivity index (χ3v) is 4.83. The Morgan fingerprint density at radius 2 is 1.93 bits per heavy atom. The molecule has 2 heterocycles. The summed E-state index contributed by atoms with van der Waals surface area (Å²) in [5.41, 5.74) is 4.31. The van der Waals surface area contributed by atoms with Crippen molar-refractivity contribution in [2.24, 2.45) is 0 Å². The van der Waals surface area contributed by atoms with Gasteiger partial charge in [-0.25, -0.2) is 0 Å². The molecule has 1 amide bonds. The van der Waals surface area contributed by atoms with Crippen LogP contribution in [-0.2, 0) is 0 Å². The van der Waals surface area contributed by atoms with Gasteiger partial charge in [0, 0.05) is 29.2 Å². The number of nitrogens with zero attached hydrogens (tertiary/aromatic N) is 2. The lowest BCUT2D eigenvalue weighted by atomic mass is 10.1. The standard InChI is InChI=1S/C22H25N3O3/c1-14-11-20(16(3)25(14)17-7-6-10-23-13-17)22(26)24-15(2)19-9-8-18(27-4)12-21(19)28-5/h6-13,15H,1-5H3,(H,24,26). The van der Waals surface area contributed by atoms with Gasteiger partial charge >= 0.3 is 0 Å². The van der Waals surface area contributed by atoms with Gasteiger partial charge in [0.2, 0.25) is 0 Å². The van der Waals surface area contributed by atoms with Gasteiger partial charge in [0.25, 0.3) is 5.91 Å². The highest BCUT2D eigenvalue weighted by molar-refractivity contribution is 5.96. The van der Waals surface area contributed by atoms with Crippen LogP contribution < -0.4 is 14.8 Å². The predicted molar refractivity (Wildman–Crippen MR) is 108 cm³/mol. The molecule has 0 spiro atoms. The number of amides is 1. The van der Waals surface area contributed by atoms with E-state index >= 15 is 0 Å². The molecule has 3 aromatic rings. The molecule has 0 aliphatic rings. The number of hydrogen-bond acceptors (Lipinski definition) is 4. The smallest absolute Gasteiger partial charge is 0.253 e. The molecule has 0 aliphatic heterocycles. The van der Waals surface area contributed by atoms with E-state index in [1.54, 1.807) is 26.6 Å². The SMILES string of the molecule is COc1ccc(C(C)NC(=O)c2cc(C)n(-c3cccnc3)c2C)c(OC)c1. The van der Waals surface area contributed by atoms with Crippen molar-refractivity contribution in [1.82, 2.24) is 14.9 Å². The van der Waals surface area contributed by atoms with E-state index in [4.69, 9.17) is 9.47 Å². The quantitative estimate of drug-likeness (QED) is 0.703. The number of rotatable bonds is 6. The highest BCUT2D eigenvalue weighted by atomic mass is 16.5. The van der Waals surface area contributed by atoms with Crippen molar-refractivity contribution in [2.75, 3.05) is 14.2 Å². The zero-order chi connectivity index (χ0) is 20.3. The number of benzene rings is 1. The Kier molecular flexibility index (Phi) is 5.68. The van der Waals surface area contributed by atoms with Gasteiger partial charge in [0.05, 0.1) is 37.7 Å². The number of aromatic nitrogens is 2. The van der Waals surface area contributed by atoms with E-state index in [2.05, 4.69) is 10.3 Å². The molecule has 0 bridgehead atoms. The minimum Gasteiger partial charge on any atom is -0.497 e. The molecule has 1 N–H and O–H groups in total. The molecule has 6 heteroatoms. The van der Waals surface area contributed by atoms with Gasteiger partial charge in [-0.2, -0.15) is 0 Å². The molecule has 2 aromatic heterocycles. The van der Waals surface area contributed by atoms with Gasteiger partial charge in [-0.05, 0) is 51.1 Å². The molecule has 0 saturated carbocycles. The lowest BCUT2D eigenvalue weighted by Gasteiger charge is -2.18. The first-order valence-electron chi connectivity index (χ1n) is 9.08. The highest BCUT2D eigenvalue weighted by Gasteiger charge is 2.20. The summed E-state index contributed by atoms with van der Waals surface area (Å²) in [6.07, 6.45) is 3.52. The second kappa shape index (κ2) is 8.17. The molecular formula is C22H25N3O3. The molecule has 6 nitrogen and oxygen atoms in total. The molecule has 146 valence electrons. The monoisotopic (exact) mass is 379 g/mol. The van der Waals surface area contributed by atoms with Crippen LogP contribution in [0.1, 0.15) is 40.3 Å². The third kappa shape index (κ3) is 3.71. The molecule has 1 unspecified atom stereocenters. The molecular weight excluding hydrogens is 354 g/mol. The van der Waals surface area contributed by atoms with E-state index in [1.165, 1.54) is 0 Å². The fourth-order valence-corrected chi connectivity index (χ4v) is 3.40. The van der Waals surface area contributed by atoms with Crippen molar-refractivity contribution in [3.63, 3.8) is 0 Å². The number of carbonyl (C=O) groups excluding carboxylic acids is 1. The summed E-state index contributed by atoms with van der Waals surface area (Å²) in [6, 6.07) is 11.1. The van der Waals surface area contributed by atoms with E-state index in [0.29, 0.717) is 17.1 Å². The molecule has 1 aromatic carbocycles. The number of ether oxygens (including phenoxy) is 2. The summed E-state index contributed by atoms with van der Waals surface area (Å²) >= 11 is 0. The van der Waals surface area contributed by atoms with Crippen molar-refractivity contribution < 1.29 is 14.3 Å². The average molecular weight is 379 g/mol. The van der Waals surface area contributed by atoms with Crippen molar-refractivity contribution >= 4 is 5.91 Å². The molecule has 0 radical (unpaired) electrons. The lowest BCUT2D eigenvalue weighted by molar-refractivity contribution is 0.0939. The number of carbonyl (C=O) groups is 1. The first kappa shape index (κ1) is 19.5. The molecule has 0 saturated heterocycles. The van der Waals surface area contributed by atoms with Crippen molar-refractivity contribution in [3.8, 4) is 17.2 Å². The van der Waals surface area contributed by atoms with E-state index in [9.17, 15) is 4.79 Å². The maximum atomic E-state index is 13.0. The topological polar surface area (TPSA) is 65.4 Å². The Morgan fingerprint density at radius 3 is 2.57 bits per heavy atom. The molecule has 0 aliphatic carbocycles. The van der Waals surface area contributed by atoms with Gasteiger partial charge < -0.3 is 19.4 Å². The van der Waals surface area contributed by atoms with Crippen LogP contribution in [0.2, 0.25) is 0 Å². The van der Waals surface area contributed by atoms with Crippen LogP contribution in [0.3, 0.4) is 0 Å². The van der Waals surface area contributed by atoms with Gasteiger partial charge in [-0.15, -0.1) is 0 Å². The Hall–Kier alpha value is -3.28. The number of nitrogens with one attached hydrogen (secondary N) is 1. The fraction of sp³-hybridized carbons (Fsp3) is 0.273. The van der Waals surface area contributed by atoms with Crippen molar-refractivity contribution in [3.05, 3.63) is 71.3 Å². The maximum absolute atomic E-state index is 13.0. The van der Waals surface area contributed by atoms with E-state index in [0.717, 1.165) is 22.6 Å². The fourth-order valence-electron chi connectivity index (χ4n) is 3.40. The summed E-state index contributed by atoms with van der Waals surface area (Å²) < 4.78 is 12.7. The zero-order valence-corrected chi connectivity index (χ0v) is 16.8. The Balaban J connectivity index is 1.86. The van der Waals surface area contributed by atoms with Crippen LogP contribution in [0.4, 0.5) is 0 Å². The van der Waals surface area contributed by atoms with Crippen LogP contribution in [-0.4, -0.2) is 29.7 Å². The van der Waals surface area contributed by atoms with Gasteiger partial charge in [-0.1, -0.05) is 0 Å². The van der Waals surface area contributed by atoms with Crippen molar-refractivity contribution in [2.45, 2.75) is 26.8 Å². The predicted octanol–water partition coefficient (Wildman–Crippen LogP) is 4.00. The Labute approximate surface area is 165 Å². The molecule has 1 atom stereocenters.